The maximum atomic E-state index is 5.74. The molecule has 3 heteroatoms. The number of nitrogens with zero attached hydrogens (tertiary/aromatic N) is 1. The lowest BCUT2D eigenvalue weighted by atomic mass is 9.92. The van der Waals surface area contributed by atoms with Gasteiger partial charge in [-0.3, -0.25) is 0 Å². The molecule has 1 aliphatic heterocycles. The van der Waals surface area contributed by atoms with E-state index in [0.717, 1.165) is 18.3 Å². The molecule has 1 N–H and O–H groups in total. The van der Waals surface area contributed by atoms with Gasteiger partial charge >= 0.3 is 0 Å². The highest BCUT2D eigenvalue weighted by atomic mass is 16.5. The summed E-state index contributed by atoms with van der Waals surface area (Å²) in [6, 6.07) is 4.69. The first-order valence-electron chi connectivity index (χ1n) is 6.67. The SMILES string of the molecule is C[C@H]1CC[C@H](c2ccnc(OC3CC3)c2)NC1. The van der Waals surface area contributed by atoms with Crippen molar-refractivity contribution in [2.45, 2.75) is 44.8 Å². The van der Waals surface area contributed by atoms with Crippen LogP contribution >= 0.6 is 0 Å². The van der Waals surface area contributed by atoms with Gasteiger partial charge in [0.1, 0.15) is 6.10 Å². The monoisotopic (exact) mass is 232 g/mol. The third-order valence-electron chi connectivity index (χ3n) is 3.63. The molecule has 0 spiro atoms. The standard InChI is InChI=1S/C14H20N2O/c1-10-2-5-13(16-9-10)11-6-7-15-14(8-11)17-12-3-4-12/h6-8,10,12-13,16H,2-5,9H2,1H3/t10-,13+/m0/s1. The Morgan fingerprint density at radius 3 is 2.88 bits per heavy atom. The molecule has 2 heterocycles. The zero-order valence-corrected chi connectivity index (χ0v) is 10.4. The van der Waals surface area contributed by atoms with E-state index in [1.165, 1.54) is 31.2 Å². The number of aromatic nitrogens is 1. The van der Waals surface area contributed by atoms with Crippen molar-refractivity contribution in [2.24, 2.45) is 5.92 Å². The predicted octanol–water partition coefficient (Wildman–Crippen LogP) is 2.68. The van der Waals surface area contributed by atoms with Crippen LogP contribution in [0.3, 0.4) is 0 Å². The van der Waals surface area contributed by atoms with Crippen LogP contribution < -0.4 is 10.1 Å². The summed E-state index contributed by atoms with van der Waals surface area (Å²) in [6.07, 6.45) is 7.19. The molecule has 3 rings (SSSR count). The minimum absolute atomic E-state index is 0.428. The minimum atomic E-state index is 0.428. The Bertz CT molecular complexity index is 382. The average molecular weight is 232 g/mol. The molecular weight excluding hydrogens is 212 g/mol. The molecule has 1 aromatic rings. The van der Waals surface area contributed by atoms with Crippen molar-refractivity contribution in [3.8, 4) is 5.88 Å². The topological polar surface area (TPSA) is 34.1 Å². The number of ether oxygens (including phenoxy) is 1. The largest absolute Gasteiger partial charge is 0.474 e. The third-order valence-corrected chi connectivity index (χ3v) is 3.63. The van der Waals surface area contributed by atoms with Gasteiger partial charge in [0, 0.05) is 18.3 Å². The van der Waals surface area contributed by atoms with E-state index in [1.54, 1.807) is 0 Å². The lowest BCUT2D eigenvalue weighted by Gasteiger charge is -2.28. The maximum absolute atomic E-state index is 5.74. The molecule has 92 valence electrons. The number of nitrogens with one attached hydrogen (secondary N) is 1. The van der Waals surface area contributed by atoms with Gasteiger partial charge in [0.25, 0.3) is 0 Å². The molecule has 17 heavy (non-hydrogen) atoms. The molecule has 1 saturated heterocycles. The van der Waals surface area contributed by atoms with Gasteiger partial charge in [-0.05, 0) is 49.8 Å². The predicted molar refractivity (Wildman–Crippen MR) is 67.0 cm³/mol. The van der Waals surface area contributed by atoms with Crippen molar-refractivity contribution in [1.29, 1.82) is 0 Å². The quantitative estimate of drug-likeness (QED) is 0.870. The lowest BCUT2D eigenvalue weighted by Crippen LogP contribution is -2.31. The first-order valence-corrected chi connectivity index (χ1v) is 6.67. The zero-order valence-electron chi connectivity index (χ0n) is 10.4. The van der Waals surface area contributed by atoms with Crippen molar-refractivity contribution >= 4 is 0 Å². The molecule has 2 atom stereocenters. The second-order valence-electron chi connectivity index (χ2n) is 5.39. The summed E-state index contributed by atoms with van der Waals surface area (Å²) in [6.45, 7) is 3.42. The van der Waals surface area contributed by atoms with Gasteiger partial charge in [-0.25, -0.2) is 4.98 Å². The molecule has 0 amide bonds. The van der Waals surface area contributed by atoms with Crippen LogP contribution in [0.5, 0.6) is 5.88 Å². The Labute approximate surface area is 103 Å². The van der Waals surface area contributed by atoms with Crippen LogP contribution in [0.1, 0.15) is 44.2 Å². The van der Waals surface area contributed by atoms with Gasteiger partial charge in [0.05, 0.1) is 0 Å². The molecule has 1 saturated carbocycles. The van der Waals surface area contributed by atoms with Gasteiger partial charge in [0.15, 0.2) is 0 Å². The molecule has 2 aliphatic rings. The summed E-state index contributed by atoms with van der Waals surface area (Å²) in [5, 5.41) is 3.60. The Hall–Kier alpha value is -1.09. The number of hydrogen-bond donors (Lipinski definition) is 1. The summed E-state index contributed by atoms with van der Waals surface area (Å²) < 4.78 is 5.74. The fraction of sp³-hybridized carbons (Fsp3) is 0.643. The number of pyridine rings is 1. The first kappa shape index (κ1) is 11.0. The molecule has 0 bridgehead atoms. The third kappa shape index (κ3) is 2.78. The number of piperidine rings is 1. The summed E-state index contributed by atoms with van der Waals surface area (Å²) in [7, 11) is 0. The zero-order chi connectivity index (χ0) is 11.7. The maximum Gasteiger partial charge on any atom is 0.213 e. The first-order chi connectivity index (χ1) is 8.31. The normalized spacial score (nSPS) is 29.0. The van der Waals surface area contributed by atoms with Crippen molar-refractivity contribution in [3.63, 3.8) is 0 Å². The van der Waals surface area contributed by atoms with Gasteiger partial charge in [-0.15, -0.1) is 0 Å². The van der Waals surface area contributed by atoms with Gasteiger partial charge in [-0.1, -0.05) is 6.92 Å². The van der Waals surface area contributed by atoms with Gasteiger partial charge < -0.3 is 10.1 Å². The average Bonchev–Trinajstić information content (AvgIpc) is 3.14. The van der Waals surface area contributed by atoms with Crippen LogP contribution in [-0.2, 0) is 0 Å². The highest BCUT2D eigenvalue weighted by molar-refractivity contribution is 5.24. The highest BCUT2D eigenvalue weighted by Gasteiger charge is 2.25. The van der Waals surface area contributed by atoms with E-state index in [9.17, 15) is 0 Å². The Morgan fingerprint density at radius 1 is 1.29 bits per heavy atom. The van der Waals surface area contributed by atoms with Crippen molar-refractivity contribution in [2.75, 3.05) is 6.54 Å². The van der Waals surface area contributed by atoms with E-state index in [-0.39, 0.29) is 0 Å². The van der Waals surface area contributed by atoms with Crippen molar-refractivity contribution < 1.29 is 4.74 Å². The minimum Gasteiger partial charge on any atom is -0.474 e. The molecule has 0 aromatic carbocycles. The molecule has 0 unspecified atom stereocenters. The van der Waals surface area contributed by atoms with Crippen LogP contribution in [0.25, 0.3) is 0 Å². The van der Waals surface area contributed by atoms with Crippen LogP contribution in [-0.4, -0.2) is 17.6 Å². The fourth-order valence-electron chi connectivity index (χ4n) is 2.35. The van der Waals surface area contributed by atoms with Gasteiger partial charge in [-0.2, -0.15) is 0 Å². The van der Waals surface area contributed by atoms with E-state index >= 15 is 0 Å². The summed E-state index contributed by atoms with van der Waals surface area (Å²) >= 11 is 0. The lowest BCUT2D eigenvalue weighted by molar-refractivity contribution is 0.288. The van der Waals surface area contributed by atoms with E-state index < -0.39 is 0 Å². The smallest absolute Gasteiger partial charge is 0.213 e. The Kier molecular flexibility index (Phi) is 3.02. The van der Waals surface area contributed by atoms with E-state index in [0.29, 0.717) is 12.1 Å². The van der Waals surface area contributed by atoms with Crippen LogP contribution in [0.15, 0.2) is 18.3 Å². The number of rotatable bonds is 3. The van der Waals surface area contributed by atoms with E-state index in [1.807, 2.05) is 6.20 Å². The van der Waals surface area contributed by atoms with E-state index in [4.69, 9.17) is 4.74 Å². The van der Waals surface area contributed by atoms with Crippen LogP contribution in [0.4, 0.5) is 0 Å². The molecular formula is C14H20N2O. The van der Waals surface area contributed by atoms with E-state index in [2.05, 4.69) is 29.4 Å². The Morgan fingerprint density at radius 2 is 2.18 bits per heavy atom. The summed E-state index contributed by atoms with van der Waals surface area (Å²) in [5.41, 5.74) is 1.32. The second-order valence-corrected chi connectivity index (χ2v) is 5.39. The van der Waals surface area contributed by atoms with Crippen molar-refractivity contribution in [1.82, 2.24) is 10.3 Å². The second kappa shape index (κ2) is 4.65. The summed E-state index contributed by atoms with van der Waals surface area (Å²) in [4.78, 5) is 4.28. The van der Waals surface area contributed by atoms with Gasteiger partial charge in [0.2, 0.25) is 5.88 Å². The molecule has 1 aromatic heterocycles. The molecule has 2 fully saturated rings. The summed E-state index contributed by atoms with van der Waals surface area (Å²) in [5.74, 6) is 1.60. The van der Waals surface area contributed by atoms with Crippen molar-refractivity contribution in [3.05, 3.63) is 23.9 Å². The highest BCUT2D eigenvalue weighted by Crippen LogP contribution is 2.29. The number of hydrogen-bond acceptors (Lipinski definition) is 3. The van der Waals surface area contributed by atoms with Crippen LogP contribution in [0, 0.1) is 5.92 Å². The molecule has 3 nitrogen and oxygen atoms in total. The molecule has 1 aliphatic carbocycles. The Balaban J connectivity index is 1.68. The fourth-order valence-corrected chi connectivity index (χ4v) is 2.35. The van der Waals surface area contributed by atoms with Crippen LogP contribution in [0.2, 0.25) is 0 Å². The molecule has 0 radical (unpaired) electrons.